The number of carbonyl (C=O) groups is 1. The molecule has 158 valence electrons. The summed E-state index contributed by atoms with van der Waals surface area (Å²) in [5, 5.41) is 2.95. The molecule has 3 rings (SSSR count). The highest BCUT2D eigenvalue weighted by Crippen LogP contribution is 2.32. The summed E-state index contributed by atoms with van der Waals surface area (Å²) in [6.45, 7) is 0. The van der Waals surface area contributed by atoms with Gasteiger partial charge in [-0.3, -0.25) is 4.79 Å². The number of fused-ring (bicyclic) bond motifs is 1. The number of benzene rings is 1. The number of sulfonamides is 1. The number of carbonyl (C=O) groups excluding carboxylic acids is 1. The molecule has 6 nitrogen and oxygen atoms in total. The lowest BCUT2D eigenvalue weighted by molar-refractivity contribution is 0.103. The summed E-state index contributed by atoms with van der Waals surface area (Å²) in [5.74, 6) is -0.191. The van der Waals surface area contributed by atoms with Crippen molar-refractivity contribution in [2.24, 2.45) is 0 Å². The number of hydrogen-bond acceptors (Lipinski definition) is 5. The predicted molar refractivity (Wildman–Crippen MR) is 120 cm³/mol. The molecule has 29 heavy (non-hydrogen) atoms. The van der Waals surface area contributed by atoms with Crippen molar-refractivity contribution in [3.05, 3.63) is 39.6 Å². The molecule has 0 fully saturated rings. The lowest BCUT2D eigenvalue weighted by Crippen LogP contribution is -2.23. The van der Waals surface area contributed by atoms with Gasteiger partial charge < -0.3 is 10.2 Å². The summed E-state index contributed by atoms with van der Waals surface area (Å²) in [5.41, 5.74) is 2.53. The molecule has 0 atom stereocenters. The first-order valence-electron chi connectivity index (χ1n) is 9.87. The third kappa shape index (κ3) is 4.82. The largest absolute Gasteiger partial charge is 0.376 e. The van der Waals surface area contributed by atoms with Crippen molar-refractivity contribution >= 4 is 38.6 Å². The molecule has 0 bridgehead atoms. The number of rotatable bonds is 5. The molecule has 8 heteroatoms. The van der Waals surface area contributed by atoms with Crippen LogP contribution in [0.4, 0.5) is 11.4 Å². The lowest BCUT2D eigenvalue weighted by Gasteiger charge is -2.20. The normalized spacial score (nSPS) is 14.8. The average Bonchev–Trinajstić information content (AvgIpc) is 3.03. The van der Waals surface area contributed by atoms with Crippen molar-refractivity contribution in [2.45, 2.75) is 43.4 Å². The van der Waals surface area contributed by atoms with E-state index in [0.29, 0.717) is 10.6 Å². The van der Waals surface area contributed by atoms with Crippen LogP contribution >= 0.6 is 11.3 Å². The second-order valence-electron chi connectivity index (χ2n) is 7.79. The molecule has 0 saturated heterocycles. The first kappa shape index (κ1) is 21.8. The van der Waals surface area contributed by atoms with Gasteiger partial charge in [-0.25, -0.2) is 12.7 Å². The van der Waals surface area contributed by atoms with Gasteiger partial charge in [-0.1, -0.05) is 12.8 Å². The van der Waals surface area contributed by atoms with Crippen molar-refractivity contribution < 1.29 is 13.2 Å². The molecular formula is C21H29N3O3S2. The fourth-order valence-electron chi connectivity index (χ4n) is 3.52. The molecule has 0 aliphatic heterocycles. The number of nitrogens with one attached hydrogen (secondary N) is 1. The Morgan fingerprint density at radius 2 is 1.69 bits per heavy atom. The van der Waals surface area contributed by atoms with Gasteiger partial charge in [-0.2, -0.15) is 0 Å². The fourth-order valence-corrected chi connectivity index (χ4v) is 5.59. The van der Waals surface area contributed by atoms with Crippen LogP contribution in [-0.2, 0) is 22.9 Å². The zero-order chi connectivity index (χ0) is 21.2. The predicted octanol–water partition coefficient (Wildman–Crippen LogP) is 3.98. The summed E-state index contributed by atoms with van der Waals surface area (Å²) in [7, 11) is 3.13. The average molecular weight is 436 g/mol. The summed E-state index contributed by atoms with van der Waals surface area (Å²) >= 11 is 1.56. The Morgan fingerprint density at radius 1 is 1.00 bits per heavy atom. The third-order valence-electron chi connectivity index (χ3n) is 5.20. The molecule has 1 aromatic heterocycles. The van der Waals surface area contributed by atoms with Gasteiger partial charge in [0.1, 0.15) is 0 Å². The minimum atomic E-state index is -3.59. The third-order valence-corrected chi connectivity index (χ3v) is 8.24. The zero-order valence-corrected chi connectivity index (χ0v) is 19.1. The van der Waals surface area contributed by atoms with Crippen molar-refractivity contribution in [3.63, 3.8) is 0 Å². The van der Waals surface area contributed by atoms with E-state index >= 15 is 0 Å². The number of aryl methyl sites for hydroxylation is 2. The highest BCUT2D eigenvalue weighted by molar-refractivity contribution is 7.89. The van der Waals surface area contributed by atoms with Crippen LogP contribution < -0.4 is 10.2 Å². The summed E-state index contributed by atoms with van der Waals surface area (Å²) < 4.78 is 26.2. The minimum Gasteiger partial charge on any atom is -0.376 e. The van der Waals surface area contributed by atoms with E-state index in [1.807, 2.05) is 25.1 Å². The number of amides is 1. The first-order valence-corrected chi connectivity index (χ1v) is 12.1. The maximum absolute atomic E-state index is 13.0. The van der Waals surface area contributed by atoms with Crippen molar-refractivity contribution in [1.82, 2.24) is 4.31 Å². The monoisotopic (exact) mass is 435 g/mol. The van der Waals surface area contributed by atoms with Gasteiger partial charge >= 0.3 is 0 Å². The fraction of sp³-hybridized carbons (Fsp3) is 0.476. The smallest absolute Gasteiger partial charge is 0.265 e. The van der Waals surface area contributed by atoms with Gasteiger partial charge in [-0.05, 0) is 55.5 Å². The molecule has 0 radical (unpaired) electrons. The SMILES string of the molecule is CN(C)c1ccc(S(=O)(=O)N(C)C)cc1NC(=O)c1cc2c(s1)CCCCCC2. The topological polar surface area (TPSA) is 69.7 Å². The number of thiophene rings is 1. The van der Waals surface area contributed by atoms with Gasteiger partial charge in [0.2, 0.25) is 10.0 Å². The summed E-state index contributed by atoms with van der Waals surface area (Å²) in [6.07, 6.45) is 6.89. The highest BCUT2D eigenvalue weighted by atomic mass is 32.2. The molecule has 0 saturated carbocycles. The Balaban J connectivity index is 1.92. The Labute approximate surface area is 177 Å². The number of anilines is 2. The van der Waals surface area contributed by atoms with Gasteiger partial charge in [0.15, 0.2) is 0 Å². The van der Waals surface area contributed by atoms with Gasteiger partial charge in [0, 0.05) is 33.1 Å². The van der Waals surface area contributed by atoms with Gasteiger partial charge in [0.25, 0.3) is 5.91 Å². The van der Waals surface area contributed by atoms with Crippen molar-refractivity contribution in [1.29, 1.82) is 0 Å². The Bertz CT molecular complexity index is 969. The minimum absolute atomic E-state index is 0.154. The standard InChI is InChI=1S/C21H29N3O3S2/c1-23(2)18-12-11-16(29(26,27)24(3)4)14-17(18)22-21(25)20-13-15-9-7-5-6-8-10-19(15)28-20/h11-14H,5-10H2,1-4H3,(H,22,25). The van der Waals surface area contributed by atoms with Gasteiger partial charge in [-0.15, -0.1) is 11.3 Å². The van der Waals surface area contributed by atoms with E-state index < -0.39 is 10.0 Å². The molecule has 1 aliphatic carbocycles. The molecule has 0 spiro atoms. The Kier molecular flexibility index (Phi) is 6.65. The van der Waals surface area contributed by atoms with Crippen LogP contribution in [0.1, 0.15) is 45.8 Å². The number of nitrogens with zero attached hydrogens (tertiary/aromatic N) is 2. The van der Waals surface area contributed by atoms with Crippen LogP contribution in [0.5, 0.6) is 0 Å². The van der Waals surface area contributed by atoms with Gasteiger partial charge in [0.05, 0.1) is 21.1 Å². The molecule has 2 aromatic rings. The van der Waals surface area contributed by atoms with E-state index in [0.717, 1.165) is 18.5 Å². The summed E-state index contributed by atoms with van der Waals surface area (Å²) in [4.78, 5) is 17.0. The zero-order valence-electron chi connectivity index (χ0n) is 17.5. The van der Waals surface area contributed by atoms with Crippen molar-refractivity contribution in [2.75, 3.05) is 38.4 Å². The molecule has 1 heterocycles. The van der Waals surface area contributed by atoms with E-state index in [4.69, 9.17) is 0 Å². The maximum atomic E-state index is 13.0. The van der Waals surface area contributed by atoms with Crippen LogP contribution in [0.2, 0.25) is 0 Å². The van der Waals surface area contributed by atoms with Crippen molar-refractivity contribution in [3.8, 4) is 0 Å². The molecule has 1 aromatic carbocycles. The van der Waals surface area contributed by atoms with Crippen LogP contribution in [0.15, 0.2) is 29.2 Å². The number of hydrogen-bond donors (Lipinski definition) is 1. The van der Waals surface area contributed by atoms with Crippen LogP contribution in [0.3, 0.4) is 0 Å². The van der Waals surface area contributed by atoms with E-state index in [2.05, 4.69) is 5.32 Å². The lowest BCUT2D eigenvalue weighted by atomic mass is 10.00. The first-order chi connectivity index (χ1) is 13.7. The molecular weight excluding hydrogens is 406 g/mol. The molecule has 1 N–H and O–H groups in total. The van der Waals surface area contributed by atoms with Crippen LogP contribution in [0.25, 0.3) is 0 Å². The Morgan fingerprint density at radius 3 is 2.34 bits per heavy atom. The Hall–Kier alpha value is -1.90. The molecule has 1 amide bonds. The van der Waals surface area contributed by atoms with E-state index in [1.165, 1.54) is 60.6 Å². The summed E-state index contributed by atoms with van der Waals surface area (Å²) in [6, 6.07) is 6.83. The second-order valence-corrected chi connectivity index (χ2v) is 11.1. The highest BCUT2D eigenvalue weighted by Gasteiger charge is 2.21. The second kappa shape index (κ2) is 8.85. The quantitative estimate of drug-likeness (QED) is 0.771. The van der Waals surface area contributed by atoms with Crippen LogP contribution in [-0.4, -0.2) is 46.8 Å². The molecule has 0 unspecified atom stereocenters. The van der Waals surface area contributed by atoms with E-state index in [-0.39, 0.29) is 10.8 Å². The van der Waals surface area contributed by atoms with E-state index in [1.54, 1.807) is 23.5 Å². The van der Waals surface area contributed by atoms with E-state index in [9.17, 15) is 13.2 Å². The maximum Gasteiger partial charge on any atom is 0.265 e. The van der Waals surface area contributed by atoms with Crippen LogP contribution in [0, 0.1) is 0 Å². The molecule has 1 aliphatic rings.